The van der Waals surface area contributed by atoms with Crippen LogP contribution >= 0.6 is 11.6 Å². The van der Waals surface area contributed by atoms with Gasteiger partial charge in [0.25, 0.3) is 0 Å². The van der Waals surface area contributed by atoms with E-state index < -0.39 is 0 Å². The van der Waals surface area contributed by atoms with Gasteiger partial charge in [-0.05, 0) is 57.5 Å². The minimum absolute atomic E-state index is 0.479. The Bertz CT molecular complexity index is 158. The van der Waals surface area contributed by atoms with E-state index in [4.69, 9.17) is 11.6 Å². The van der Waals surface area contributed by atoms with E-state index in [1.807, 2.05) is 0 Å². The summed E-state index contributed by atoms with van der Waals surface area (Å²) < 4.78 is 0. The van der Waals surface area contributed by atoms with Crippen molar-refractivity contribution < 1.29 is 0 Å². The van der Waals surface area contributed by atoms with Crippen molar-refractivity contribution in [1.29, 1.82) is 0 Å². The largest absolute Gasteiger partial charge is 0.303 e. The molecule has 0 amide bonds. The van der Waals surface area contributed by atoms with Gasteiger partial charge in [0.05, 0.1) is 0 Å². The molecule has 2 fully saturated rings. The van der Waals surface area contributed by atoms with Crippen LogP contribution in [0.25, 0.3) is 0 Å². The summed E-state index contributed by atoms with van der Waals surface area (Å²) >= 11 is 6.11. The van der Waals surface area contributed by atoms with Crippen LogP contribution in [0.3, 0.4) is 0 Å². The van der Waals surface area contributed by atoms with Crippen LogP contribution in [0.15, 0.2) is 0 Å². The molecule has 1 heterocycles. The van der Waals surface area contributed by atoms with Gasteiger partial charge in [-0.15, -0.1) is 11.6 Å². The van der Waals surface area contributed by atoms with E-state index in [-0.39, 0.29) is 0 Å². The third-order valence-corrected chi connectivity index (χ3v) is 4.18. The Labute approximate surface area is 92.8 Å². The second kappa shape index (κ2) is 5.37. The van der Waals surface area contributed by atoms with E-state index in [1.165, 1.54) is 64.6 Å². The predicted octanol–water partition coefficient (Wildman–Crippen LogP) is 3.27. The second-order valence-corrected chi connectivity index (χ2v) is 5.60. The summed E-state index contributed by atoms with van der Waals surface area (Å²) in [5.74, 6) is 0.947. The summed E-state index contributed by atoms with van der Waals surface area (Å²) in [5, 5.41) is 0.479. The van der Waals surface area contributed by atoms with Crippen LogP contribution in [0, 0.1) is 5.92 Å². The molecule has 1 aliphatic heterocycles. The van der Waals surface area contributed by atoms with E-state index in [1.54, 1.807) is 0 Å². The van der Waals surface area contributed by atoms with Gasteiger partial charge in [0.15, 0.2) is 0 Å². The average molecular weight is 216 g/mol. The Morgan fingerprint density at radius 2 is 1.57 bits per heavy atom. The molecule has 82 valence electrons. The molecule has 0 N–H and O–H groups in total. The van der Waals surface area contributed by atoms with Gasteiger partial charge >= 0.3 is 0 Å². The summed E-state index contributed by atoms with van der Waals surface area (Å²) in [6.45, 7) is 4.05. The highest BCUT2D eigenvalue weighted by atomic mass is 35.5. The van der Waals surface area contributed by atoms with Crippen LogP contribution in [0.5, 0.6) is 0 Å². The van der Waals surface area contributed by atoms with Crippen LogP contribution in [-0.2, 0) is 0 Å². The van der Waals surface area contributed by atoms with Crippen molar-refractivity contribution in [2.24, 2.45) is 5.92 Å². The second-order valence-electron chi connectivity index (χ2n) is 4.98. The van der Waals surface area contributed by atoms with Gasteiger partial charge in [0.2, 0.25) is 0 Å². The number of piperidine rings is 1. The zero-order valence-electron chi connectivity index (χ0n) is 9.05. The molecule has 14 heavy (non-hydrogen) atoms. The molecule has 0 bridgehead atoms. The number of hydrogen-bond donors (Lipinski definition) is 0. The highest BCUT2D eigenvalue weighted by Crippen LogP contribution is 2.28. The molecule has 0 aromatic carbocycles. The molecule has 2 heteroatoms. The Morgan fingerprint density at radius 3 is 2.21 bits per heavy atom. The fraction of sp³-hybridized carbons (Fsp3) is 1.00. The maximum Gasteiger partial charge on any atom is 0.0336 e. The molecular formula is C12H22ClN. The normalized spacial score (nSPS) is 35.8. The number of halogens is 1. The third kappa shape index (κ3) is 3.13. The van der Waals surface area contributed by atoms with Crippen molar-refractivity contribution in [1.82, 2.24) is 4.90 Å². The molecule has 0 aromatic heterocycles. The van der Waals surface area contributed by atoms with E-state index in [2.05, 4.69) is 4.90 Å². The van der Waals surface area contributed by atoms with Crippen molar-refractivity contribution in [3.63, 3.8) is 0 Å². The SMILES string of the molecule is ClC1CCC(CN2CCCCC2)CC1. The van der Waals surface area contributed by atoms with Gasteiger partial charge in [-0.3, -0.25) is 0 Å². The molecule has 0 atom stereocenters. The van der Waals surface area contributed by atoms with Crippen LogP contribution < -0.4 is 0 Å². The maximum atomic E-state index is 6.11. The van der Waals surface area contributed by atoms with Crippen LogP contribution in [0.2, 0.25) is 0 Å². The van der Waals surface area contributed by atoms with E-state index >= 15 is 0 Å². The first kappa shape index (κ1) is 10.8. The molecule has 1 saturated heterocycles. The number of rotatable bonds is 2. The molecule has 2 rings (SSSR count). The minimum atomic E-state index is 0.479. The fourth-order valence-corrected chi connectivity index (χ4v) is 3.06. The lowest BCUT2D eigenvalue weighted by Crippen LogP contribution is -2.35. The predicted molar refractivity (Wildman–Crippen MR) is 61.9 cm³/mol. The quantitative estimate of drug-likeness (QED) is 0.640. The van der Waals surface area contributed by atoms with Crippen LogP contribution in [0.1, 0.15) is 44.9 Å². The maximum absolute atomic E-state index is 6.11. The highest BCUT2D eigenvalue weighted by molar-refractivity contribution is 6.20. The molecule has 0 radical (unpaired) electrons. The lowest BCUT2D eigenvalue weighted by Gasteiger charge is -2.33. The molecule has 1 saturated carbocycles. The first-order valence-corrected chi connectivity index (χ1v) is 6.64. The van der Waals surface area contributed by atoms with Crippen LogP contribution in [-0.4, -0.2) is 29.9 Å². The molecule has 1 nitrogen and oxygen atoms in total. The van der Waals surface area contributed by atoms with E-state index in [0.717, 1.165) is 5.92 Å². The molecule has 0 spiro atoms. The molecular weight excluding hydrogens is 194 g/mol. The van der Waals surface area contributed by atoms with Crippen molar-refractivity contribution in [3.8, 4) is 0 Å². The van der Waals surface area contributed by atoms with Gasteiger partial charge in [-0.2, -0.15) is 0 Å². The molecule has 2 aliphatic rings. The van der Waals surface area contributed by atoms with Gasteiger partial charge in [0, 0.05) is 11.9 Å². The fourth-order valence-electron chi connectivity index (χ4n) is 2.81. The summed E-state index contributed by atoms with van der Waals surface area (Å²) in [4.78, 5) is 2.67. The number of likely N-dealkylation sites (tertiary alicyclic amines) is 1. The summed E-state index contributed by atoms with van der Waals surface area (Å²) in [6, 6.07) is 0. The number of alkyl halides is 1. The van der Waals surface area contributed by atoms with Gasteiger partial charge in [0.1, 0.15) is 0 Å². The van der Waals surface area contributed by atoms with Crippen molar-refractivity contribution in [3.05, 3.63) is 0 Å². The van der Waals surface area contributed by atoms with Crippen LogP contribution in [0.4, 0.5) is 0 Å². The van der Waals surface area contributed by atoms with Crippen molar-refractivity contribution in [2.45, 2.75) is 50.3 Å². The highest BCUT2D eigenvalue weighted by Gasteiger charge is 2.22. The Balaban J connectivity index is 1.68. The molecule has 0 aromatic rings. The summed E-state index contributed by atoms with van der Waals surface area (Å²) in [7, 11) is 0. The molecule has 0 unspecified atom stereocenters. The topological polar surface area (TPSA) is 3.24 Å². The minimum Gasteiger partial charge on any atom is -0.303 e. The first-order valence-electron chi connectivity index (χ1n) is 6.21. The number of hydrogen-bond acceptors (Lipinski definition) is 1. The number of nitrogens with zero attached hydrogens (tertiary/aromatic N) is 1. The lowest BCUT2D eigenvalue weighted by atomic mass is 9.88. The van der Waals surface area contributed by atoms with Gasteiger partial charge in [-0.25, -0.2) is 0 Å². The average Bonchev–Trinajstić information content (AvgIpc) is 2.23. The van der Waals surface area contributed by atoms with Crippen molar-refractivity contribution in [2.75, 3.05) is 19.6 Å². The van der Waals surface area contributed by atoms with Gasteiger partial charge < -0.3 is 4.90 Å². The smallest absolute Gasteiger partial charge is 0.0336 e. The Hall–Kier alpha value is 0.250. The molecule has 1 aliphatic carbocycles. The van der Waals surface area contributed by atoms with E-state index in [9.17, 15) is 0 Å². The zero-order valence-corrected chi connectivity index (χ0v) is 9.81. The first-order chi connectivity index (χ1) is 6.84. The Morgan fingerprint density at radius 1 is 0.929 bits per heavy atom. The standard InChI is InChI=1S/C12H22ClN/c13-12-6-4-11(5-7-12)10-14-8-2-1-3-9-14/h11-12H,1-10H2. The monoisotopic (exact) mass is 215 g/mol. The summed E-state index contributed by atoms with van der Waals surface area (Å²) in [5.41, 5.74) is 0. The van der Waals surface area contributed by atoms with Gasteiger partial charge in [-0.1, -0.05) is 6.42 Å². The van der Waals surface area contributed by atoms with Crippen molar-refractivity contribution >= 4 is 11.6 Å². The summed E-state index contributed by atoms with van der Waals surface area (Å²) in [6.07, 6.45) is 9.52. The zero-order chi connectivity index (χ0) is 9.80. The van der Waals surface area contributed by atoms with E-state index in [0.29, 0.717) is 5.38 Å². The third-order valence-electron chi connectivity index (χ3n) is 3.74. The lowest BCUT2D eigenvalue weighted by molar-refractivity contribution is 0.174. The Kier molecular flexibility index (Phi) is 4.12.